The maximum Gasteiger partial charge on any atom is 0.328 e. The smallest absolute Gasteiger partial charge is 0.328 e. The highest BCUT2D eigenvalue weighted by Gasteiger charge is 2.35. The lowest BCUT2D eigenvalue weighted by atomic mass is 9.95. The fourth-order valence-electron chi connectivity index (χ4n) is 4.73. The molecule has 0 aliphatic heterocycles. The number of rotatable bonds is 8. The van der Waals surface area contributed by atoms with Gasteiger partial charge < -0.3 is 14.8 Å². The molecule has 5 heteroatoms. The number of carbonyl (C=O) groups excluding carboxylic acids is 2. The highest BCUT2D eigenvalue weighted by Crippen LogP contribution is 2.44. The number of hydrogen-bond acceptors (Lipinski definition) is 4. The molecule has 0 unspecified atom stereocenters. The first-order valence-electron chi connectivity index (χ1n) is 12.0. The maximum absolute atomic E-state index is 13.5. The van der Waals surface area contributed by atoms with E-state index in [1.807, 2.05) is 103 Å². The van der Waals surface area contributed by atoms with Crippen molar-refractivity contribution in [3.05, 3.63) is 125 Å². The van der Waals surface area contributed by atoms with Crippen molar-refractivity contribution in [2.24, 2.45) is 0 Å². The molecule has 0 bridgehead atoms. The molecule has 1 aliphatic rings. The van der Waals surface area contributed by atoms with Gasteiger partial charge in [-0.15, -0.1) is 0 Å². The molecule has 0 heterocycles. The molecule has 4 aromatic carbocycles. The Morgan fingerprint density at radius 1 is 0.750 bits per heavy atom. The van der Waals surface area contributed by atoms with Crippen LogP contribution in [0.5, 0.6) is 5.75 Å². The van der Waals surface area contributed by atoms with Crippen LogP contribution in [0.3, 0.4) is 0 Å². The van der Waals surface area contributed by atoms with E-state index < -0.39 is 17.9 Å². The van der Waals surface area contributed by atoms with Crippen LogP contribution in [0.1, 0.15) is 28.2 Å². The Morgan fingerprint density at radius 3 is 1.94 bits per heavy atom. The molecular weight excluding hydrogens is 450 g/mol. The first-order chi connectivity index (χ1) is 17.6. The molecule has 180 valence electrons. The summed E-state index contributed by atoms with van der Waals surface area (Å²) in [5.41, 5.74) is 5.97. The Balaban J connectivity index is 1.30. The number of methoxy groups -OCH3 is 1. The van der Waals surface area contributed by atoms with Crippen molar-refractivity contribution in [1.29, 1.82) is 0 Å². The second-order valence-electron chi connectivity index (χ2n) is 8.81. The van der Waals surface area contributed by atoms with Crippen molar-refractivity contribution >= 4 is 11.9 Å². The van der Waals surface area contributed by atoms with E-state index in [1.165, 1.54) is 7.11 Å². The summed E-state index contributed by atoms with van der Waals surface area (Å²) in [4.78, 5) is 26.1. The van der Waals surface area contributed by atoms with Crippen LogP contribution in [-0.4, -0.2) is 25.0 Å². The molecule has 0 aromatic heterocycles. The summed E-state index contributed by atoms with van der Waals surface area (Å²) in [5, 5.41) is 2.96. The standard InChI is InChI=1S/C31H27NO4/c1-35-31(34)28(19-21-15-17-23(18-16-21)36-20-22-9-3-2-4-10-22)32-30(33)29-26-13-7-5-11-24(26)25-12-6-8-14-27(25)29/h2-18,28-29H,19-20H2,1H3,(H,32,33)/t28-/m1/s1. The summed E-state index contributed by atoms with van der Waals surface area (Å²) in [5.74, 6) is -0.434. The Labute approximate surface area is 210 Å². The summed E-state index contributed by atoms with van der Waals surface area (Å²) < 4.78 is 10.9. The lowest BCUT2D eigenvalue weighted by Gasteiger charge is -2.20. The quantitative estimate of drug-likeness (QED) is 0.351. The third-order valence-corrected chi connectivity index (χ3v) is 6.51. The molecule has 1 atom stereocenters. The average molecular weight is 478 g/mol. The first kappa shape index (κ1) is 23.4. The Hall–Kier alpha value is -4.38. The van der Waals surface area contributed by atoms with Crippen molar-refractivity contribution in [2.45, 2.75) is 25.0 Å². The average Bonchev–Trinajstić information content (AvgIpc) is 3.27. The molecule has 1 N–H and O–H groups in total. The third kappa shape index (κ3) is 4.86. The predicted molar refractivity (Wildman–Crippen MR) is 139 cm³/mol. The van der Waals surface area contributed by atoms with Gasteiger partial charge in [-0.25, -0.2) is 4.79 Å². The Bertz CT molecular complexity index is 1320. The Kier molecular flexibility index (Phi) is 6.80. The number of carbonyl (C=O) groups is 2. The number of fused-ring (bicyclic) bond motifs is 3. The lowest BCUT2D eigenvalue weighted by molar-refractivity contribution is -0.145. The van der Waals surface area contributed by atoms with E-state index >= 15 is 0 Å². The van der Waals surface area contributed by atoms with Gasteiger partial charge in [0.15, 0.2) is 0 Å². The van der Waals surface area contributed by atoms with Crippen LogP contribution in [0.2, 0.25) is 0 Å². The largest absolute Gasteiger partial charge is 0.489 e. The van der Waals surface area contributed by atoms with E-state index in [-0.39, 0.29) is 5.91 Å². The lowest BCUT2D eigenvalue weighted by Crippen LogP contribution is -2.45. The normalized spacial score (nSPS) is 12.8. The van der Waals surface area contributed by atoms with E-state index in [1.54, 1.807) is 0 Å². The minimum absolute atomic E-state index is 0.217. The molecule has 1 amide bonds. The van der Waals surface area contributed by atoms with Gasteiger partial charge in [0.25, 0.3) is 0 Å². The molecule has 4 aromatic rings. The van der Waals surface area contributed by atoms with Gasteiger partial charge >= 0.3 is 5.97 Å². The summed E-state index contributed by atoms with van der Waals surface area (Å²) in [6.07, 6.45) is 0.313. The van der Waals surface area contributed by atoms with Crippen molar-refractivity contribution in [3.63, 3.8) is 0 Å². The number of nitrogens with one attached hydrogen (secondary N) is 1. The van der Waals surface area contributed by atoms with Crippen LogP contribution in [0, 0.1) is 0 Å². The topological polar surface area (TPSA) is 64.6 Å². The Morgan fingerprint density at radius 2 is 1.33 bits per heavy atom. The molecule has 5 nitrogen and oxygen atoms in total. The zero-order chi connectivity index (χ0) is 24.9. The minimum Gasteiger partial charge on any atom is -0.489 e. The van der Waals surface area contributed by atoms with E-state index in [4.69, 9.17) is 9.47 Å². The van der Waals surface area contributed by atoms with E-state index in [0.29, 0.717) is 13.0 Å². The molecule has 0 fully saturated rings. The molecule has 36 heavy (non-hydrogen) atoms. The van der Waals surface area contributed by atoms with Gasteiger partial charge in [0.2, 0.25) is 5.91 Å². The van der Waals surface area contributed by atoms with Crippen LogP contribution in [0.15, 0.2) is 103 Å². The molecule has 0 radical (unpaired) electrons. The van der Waals surface area contributed by atoms with Crippen molar-refractivity contribution in [2.75, 3.05) is 7.11 Å². The van der Waals surface area contributed by atoms with E-state index in [2.05, 4.69) is 5.32 Å². The predicted octanol–water partition coefficient (Wildman–Crippen LogP) is 5.28. The van der Waals surface area contributed by atoms with Crippen LogP contribution >= 0.6 is 0 Å². The second kappa shape index (κ2) is 10.5. The molecular formula is C31H27NO4. The van der Waals surface area contributed by atoms with Gasteiger partial charge in [-0.1, -0.05) is 91.0 Å². The monoisotopic (exact) mass is 477 g/mol. The second-order valence-corrected chi connectivity index (χ2v) is 8.81. The SMILES string of the molecule is COC(=O)[C@@H](Cc1ccc(OCc2ccccc2)cc1)NC(=O)C1c2ccccc2-c2ccccc21. The first-order valence-corrected chi connectivity index (χ1v) is 12.0. The number of hydrogen-bond donors (Lipinski definition) is 1. The molecule has 5 rings (SSSR count). The molecule has 0 saturated carbocycles. The molecule has 1 aliphatic carbocycles. The number of amides is 1. The van der Waals surface area contributed by atoms with E-state index in [0.717, 1.165) is 39.1 Å². The maximum atomic E-state index is 13.5. The highest BCUT2D eigenvalue weighted by molar-refractivity contribution is 5.97. The van der Waals surface area contributed by atoms with E-state index in [9.17, 15) is 9.59 Å². The van der Waals surface area contributed by atoms with Crippen molar-refractivity contribution < 1.29 is 19.1 Å². The number of benzene rings is 4. The number of ether oxygens (including phenoxy) is 2. The van der Waals surface area contributed by atoms with Crippen LogP contribution in [-0.2, 0) is 27.4 Å². The fourth-order valence-corrected chi connectivity index (χ4v) is 4.73. The van der Waals surface area contributed by atoms with Gasteiger partial charge in [-0.3, -0.25) is 4.79 Å². The van der Waals surface area contributed by atoms with Crippen LogP contribution in [0.4, 0.5) is 0 Å². The summed E-state index contributed by atoms with van der Waals surface area (Å²) in [7, 11) is 1.34. The summed E-state index contributed by atoms with van der Waals surface area (Å²) >= 11 is 0. The highest BCUT2D eigenvalue weighted by atomic mass is 16.5. The third-order valence-electron chi connectivity index (χ3n) is 6.51. The van der Waals surface area contributed by atoms with Gasteiger partial charge in [-0.05, 0) is 45.5 Å². The fraction of sp³-hybridized carbons (Fsp3) is 0.161. The molecule has 0 spiro atoms. The van der Waals surface area contributed by atoms with Crippen molar-refractivity contribution in [3.8, 4) is 16.9 Å². The van der Waals surface area contributed by atoms with Gasteiger partial charge in [0, 0.05) is 6.42 Å². The summed E-state index contributed by atoms with van der Waals surface area (Å²) in [6.45, 7) is 0.478. The number of esters is 1. The molecule has 0 saturated heterocycles. The van der Waals surface area contributed by atoms with Gasteiger partial charge in [0.05, 0.1) is 13.0 Å². The zero-order valence-electron chi connectivity index (χ0n) is 20.0. The van der Waals surface area contributed by atoms with Crippen LogP contribution in [0.25, 0.3) is 11.1 Å². The van der Waals surface area contributed by atoms with Crippen molar-refractivity contribution in [1.82, 2.24) is 5.32 Å². The van der Waals surface area contributed by atoms with Gasteiger partial charge in [0.1, 0.15) is 18.4 Å². The summed E-state index contributed by atoms with van der Waals surface area (Å²) in [6, 6.07) is 32.5. The zero-order valence-corrected chi connectivity index (χ0v) is 20.0. The van der Waals surface area contributed by atoms with Crippen LogP contribution < -0.4 is 10.1 Å². The minimum atomic E-state index is -0.807. The van der Waals surface area contributed by atoms with Gasteiger partial charge in [-0.2, -0.15) is 0 Å².